The van der Waals surface area contributed by atoms with Crippen LogP contribution in [-0.2, 0) is 9.53 Å². The zero-order valence-corrected chi connectivity index (χ0v) is 19.5. The maximum atomic E-state index is 13.6. The fraction of sp³-hybridized carbons (Fsp3) is 0.550. The predicted molar refractivity (Wildman–Crippen MR) is 121 cm³/mol. The molecule has 0 bridgehead atoms. The third kappa shape index (κ3) is 7.45. The van der Waals surface area contributed by atoms with E-state index < -0.39 is 5.82 Å². The Hall–Kier alpha value is -1.91. The Balaban J connectivity index is 0.00000420. The summed E-state index contributed by atoms with van der Waals surface area (Å²) < 4.78 is 18.7. The number of aryl methyl sites for hydroxylation is 1. The largest absolute Gasteiger partial charge is 0.466 e. The molecule has 1 amide bonds. The Morgan fingerprint density at radius 1 is 1.24 bits per heavy atom. The topological polar surface area (TPSA) is 83.0 Å². The van der Waals surface area contributed by atoms with E-state index in [9.17, 15) is 14.0 Å². The number of amides is 1. The summed E-state index contributed by atoms with van der Waals surface area (Å²) in [5, 5.41) is 5.97. The van der Waals surface area contributed by atoms with Crippen LogP contribution in [0, 0.1) is 18.7 Å². The van der Waals surface area contributed by atoms with Gasteiger partial charge in [0.05, 0.1) is 12.5 Å². The third-order valence-corrected chi connectivity index (χ3v) is 4.75. The van der Waals surface area contributed by atoms with Gasteiger partial charge in [-0.1, -0.05) is 6.07 Å². The molecule has 1 aliphatic heterocycles. The van der Waals surface area contributed by atoms with E-state index in [1.54, 1.807) is 26.1 Å². The Bertz CT molecular complexity index is 722. The van der Waals surface area contributed by atoms with Gasteiger partial charge in [-0.3, -0.25) is 14.6 Å². The highest BCUT2D eigenvalue weighted by molar-refractivity contribution is 14.0. The van der Waals surface area contributed by atoms with Crippen molar-refractivity contribution in [2.75, 3.05) is 39.8 Å². The summed E-state index contributed by atoms with van der Waals surface area (Å²) in [7, 11) is 1.70. The lowest BCUT2D eigenvalue weighted by Crippen LogP contribution is -2.48. The molecule has 0 unspecified atom stereocenters. The van der Waals surface area contributed by atoms with Gasteiger partial charge >= 0.3 is 5.97 Å². The molecule has 2 rings (SSSR count). The summed E-state index contributed by atoms with van der Waals surface area (Å²) in [5.74, 6) is -0.148. The van der Waals surface area contributed by atoms with E-state index in [4.69, 9.17) is 4.74 Å². The van der Waals surface area contributed by atoms with Gasteiger partial charge < -0.3 is 20.3 Å². The van der Waals surface area contributed by atoms with Gasteiger partial charge in [-0.25, -0.2) is 4.39 Å². The minimum absolute atomic E-state index is 0. The van der Waals surface area contributed by atoms with E-state index in [0.29, 0.717) is 30.8 Å². The van der Waals surface area contributed by atoms with Crippen LogP contribution in [0.5, 0.6) is 0 Å². The first-order chi connectivity index (χ1) is 13.5. The molecule has 162 valence electrons. The number of carbonyl (C=O) groups excluding carboxylic acids is 2. The van der Waals surface area contributed by atoms with Gasteiger partial charge in [-0.05, 0) is 44.4 Å². The van der Waals surface area contributed by atoms with E-state index in [0.717, 1.165) is 31.9 Å². The second-order valence-corrected chi connectivity index (χ2v) is 6.71. The van der Waals surface area contributed by atoms with Crippen molar-refractivity contribution in [1.82, 2.24) is 15.5 Å². The van der Waals surface area contributed by atoms with Gasteiger partial charge in [-0.15, -0.1) is 24.0 Å². The lowest BCUT2D eigenvalue weighted by atomic mass is 9.97. The number of likely N-dealkylation sites (tertiary alicyclic amines) is 1. The van der Waals surface area contributed by atoms with Crippen molar-refractivity contribution in [3.8, 4) is 0 Å². The lowest BCUT2D eigenvalue weighted by Gasteiger charge is -2.33. The van der Waals surface area contributed by atoms with Crippen LogP contribution in [0.1, 0.15) is 35.7 Å². The highest BCUT2D eigenvalue weighted by Gasteiger charge is 2.27. The summed E-state index contributed by atoms with van der Waals surface area (Å²) in [5.41, 5.74) is 0.808. The van der Waals surface area contributed by atoms with Crippen LogP contribution in [0.4, 0.5) is 4.39 Å². The monoisotopic (exact) mass is 520 g/mol. The van der Waals surface area contributed by atoms with Crippen LogP contribution in [0.2, 0.25) is 0 Å². The number of benzene rings is 1. The van der Waals surface area contributed by atoms with Gasteiger partial charge in [0.15, 0.2) is 5.96 Å². The summed E-state index contributed by atoms with van der Waals surface area (Å²) in [4.78, 5) is 30.3. The Morgan fingerprint density at radius 3 is 2.48 bits per heavy atom. The second kappa shape index (κ2) is 12.6. The molecule has 1 saturated heterocycles. The summed E-state index contributed by atoms with van der Waals surface area (Å²) in [6.07, 6.45) is 1.46. The van der Waals surface area contributed by atoms with Crippen LogP contribution >= 0.6 is 24.0 Å². The van der Waals surface area contributed by atoms with Crippen molar-refractivity contribution in [2.45, 2.75) is 26.7 Å². The van der Waals surface area contributed by atoms with E-state index in [1.807, 2.05) is 6.92 Å². The number of esters is 1. The number of hydrogen-bond acceptors (Lipinski definition) is 4. The first kappa shape index (κ1) is 25.1. The van der Waals surface area contributed by atoms with Crippen LogP contribution in [0.15, 0.2) is 23.2 Å². The van der Waals surface area contributed by atoms with E-state index >= 15 is 0 Å². The van der Waals surface area contributed by atoms with Crippen molar-refractivity contribution in [1.29, 1.82) is 0 Å². The number of carbonyl (C=O) groups is 2. The molecule has 0 aromatic heterocycles. The van der Waals surface area contributed by atoms with Crippen LogP contribution < -0.4 is 10.6 Å². The summed E-state index contributed by atoms with van der Waals surface area (Å²) >= 11 is 0. The molecule has 0 saturated carbocycles. The smallest absolute Gasteiger partial charge is 0.309 e. The van der Waals surface area contributed by atoms with E-state index in [1.165, 1.54) is 6.07 Å². The number of nitrogens with zero attached hydrogens (tertiary/aromatic N) is 2. The number of guanidine groups is 1. The molecule has 29 heavy (non-hydrogen) atoms. The number of nitrogens with one attached hydrogen (secondary N) is 2. The zero-order valence-electron chi connectivity index (χ0n) is 17.2. The Morgan fingerprint density at radius 2 is 1.90 bits per heavy atom. The zero-order chi connectivity index (χ0) is 20.5. The fourth-order valence-electron chi connectivity index (χ4n) is 3.11. The van der Waals surface area contributed by atoms with Gasteiger partial charge in [0, 0.05) is 38.8 Å². The number of hydrogen-bond donors (Lipinski definition) is 2. The summed E-state index contributed by atoms with van der Waals surface area (Å²) in [6.45, 7) is 6.19. The van der Waals surface area contributed by atoms with Crippen LogP contribution in [0.3, 0.4) is 0 Å². The average molecular weight is 520 g/mol. The molecule has 7 nitrogen and oxygen atoms in total. The predicted octanol–water partition coefficient (Wildman–Crippen LogP) is 2.33. The number of aliphatic imine (C=N–C) groups is 1. The number of ether oxygens (including phenoxy) is 1. The third-order valence-electron chi connectivity index (χ3n) is 4.75. The molecular formula is C20H30FIN4O3. The Kier molecular flexibility index (Phi) is 10.9. The highest BCUT2D eigenvalue weighted by atomic mass is 127. The van der Waals surface area contributed by atoms with Crippen LogP contribution in [0.25, 0.3) is 0 Å². The highest BCUT2D eigenvalue weighted by Crippen LogP contribution is 2.18. The average Bonchev–Trinajstić information content (AvgIpc) is 2.70. The first-order valence-corrected chi connectivity index (χ1v) is 9.62. The fourth-order valence-corrected chi connectivity index (χ4v) is 3.11. The lowest BCUT2D eigenvalue weighted by molar-refractivity contribution is -0.149. The Labute approximate surface area is 188 Å². The maximum Gasteiger partial charge on any atom is 0.309 e. The van der Waals surface area contributed by atoms with Gasteiger partial charge in [-0.2, -0.15) is 0 Å². The molecule has 1 aromatic carbocycles. The number of rotatable bonds is 6. The van der Waals surface area contributed by atoms with E-state index in [-0.39, 0.29) is 41.8 Å². The van der Waals surface area contributed by atoms with Crippen molar-refractivity contribution in [3.05, 3.63) is 35.1 Å². The van der Waals surface area contributed by atoms with Gasteiger partial charge in [0.25, 0.3) is 5.91 Å². The van der Waals surface area contributed by atoms with Crippen LogP contribution in [-0.4, -0.2) is 62.6 Å². The summed E-state index contributed by atoms with van der Waals surface area (Å²) in [6, 6.07) is 4.43. The van der Waals surface area contributed by atoms with Crippen molar-refractivity contribution < 1.29 is 18.7 Å². The minimum Gasteiger partial charge on any atom is -0.466 e. The first-order valence-electron chi connectivity index (χ1n) is 9.62. The molecule has 0 aliphatic carbocycles. The molecule has 0 atom stereocenters. The molecule has 1 aliphatic rings. The number of piperidine rings is 1. The van der Waals surface area contributed by atoms with Crippen molar-refractivity contribution in [3.63, 3.8) is 0 Å². The van der Waals surface area contributed by atoms with Gasteiger partial charge in [0.1, 0.15) is 5.82 Å². The molecule has 2 N–H and O–H groups in total. The quantitative estimate of drug-likeness (QED) is 0.198. The minimum atomic E-state index is -0.391. The molecule has 1 aromatic rings. The van der Waals surface area contributed by atoms with Gasteiger partial charge in [0.2, 0.25) is 0 Å². The normalized spacial score (nSPS) is 14.8. The van der Waals surface area contributed by atoms with Crippen molar-refractivity contribution >= 4 is 41.8 Å². The SMILES string of the molecule is CCOC(=O)C1CCN(C(=NC)NCCNC(=O)c2ccc(C)c(F)c2)CC1.I. The standard InChI is InChI=1S/C20H29FN4O3.HI/c1-4-28-19(27)15-7-11-25(12-8-15)20(22-3)24-10-9-23-18(26)16-6-5-14(2)17(21)13-16;/h5-6,13,15H,4,7-12H2,1-3H3,(H,22,24)(H,23,26);1H. The second-order valence-electron chi connectivity index (χ2n) is 6.71. The molecule has 1 fully saturated rings. The molecular weight excluding hydrogens is 490 g/mol. The molecule has 9 heteroatoms. The maximum absolute atomic E-state index is 13.6. The number of halogens is 2. The van der Waals surface area contributed by atoms with E-state index in [2.05, 4.69) is 20.5 Å². The van der Waals surface area contributed by atoms with Crippen molar-refractivity contribution in [2.24, 2.45) is 10.9 Å². The molecule has 0 spiro atoms. The molecule has 1 heterocycles. The molecule has 0 radical (unpaired) electrons.